The van der Waals surface area contributed by atoms with Crippen LogP contribution in [0.5, 0.6) is 0 Å². The first kappa shape index (κ1) is 15.6. The highest BCUT2D eigenvalue weighted by Gasteiger charge is 2.18. The summed E-state index contributed by atoms with van der Waals surface area (Å²) in [4.78, 5) is 0. The van der Waals surface area contributed by atoms with Crippen molar-refractivity contribution in [2.45, 2.75) is 52.7 Å². The Balaban J connectivity index is 0.000000774. The Kier molecular flexibility index (Phi) is 5.83. The van der Waals surface area contributed by atoms with Crippen molar-refractivity contribution in [2.75, 3.05) is 6.61 Å². The number of hydrogen-bond donors (Lipinski definition) is 0. The van der Waals surface area contributed by atoms with Crippen molar-refractivity contribution >= 4 is 10.9 Å². The maximum Gasteiger partial charge on any atom is 0.150 e. The van der Waals surface area contributed by atoms with E-state index in [-0.39, 0.29) is 6.23 Å². The van der Waals surface area contributed by atoms with Crippen molar-refractivity contribution in [3.8, 4) is 11.8 Å². The van der Waals surface area contributed by atoms with Gasteiger partial charge in [0, 0.05) is 24.0 Å². The molecule has 0 amide bonds. The summed E-state index contributed by atoms with van der Waals surface area (Å²) in [5.41, 5.74) is 2.19. The van der Waals surface area contributed by atoms with E-state index in [1.54, 1.807) is 0 Å². The van der Waals surface area contributed by atoms with Crippen LogP contribution >= 0.6 is 0 Å². The molecule has 3 nitrogen and oxygen atoms in total. The highest BCUT2D eigenvalue weighted by Crippen LogP contribution is 2.26. The predicted octanol–water partition coefficient (Wildman–Crippen LogP) is 4.52. The fourth-order valence-corrected chi connectivity index (χ4v) is 2.47. The van der Waals surface area contributed by atoms with Crippen LogP contribution in [0, 0.1) is 11.8 Å². The second-order valence-corrected chi connectivity index (χ2v) is 4.84. The van der Waals surface area contributed by atoms with Gasteiger partial charge in [0.2, 0.25) is 0 Å². The molecule has 0 radical (unpaired) electrons. The third-order valence-electron chi connectivity index (χ3n) is 3.43. The maximum atomic E-state index is 5.80. The van der Waals surface area contributed by atoms with Crippen molar-refractivity contribution in [1.29, 1.82) is 0 Å². The van der Waals surface area contributed by atoms with Crippen molar-refractivity contribution < 1.29 is 4.74 Å². The predicted molar refractivity (Wildman–Crippen MR) is 87.1 cm³/mol. The number of aromatic nitrogens is 2. The minimum Gasteiger partial charge on any atom is -0.356 e. The third kappa shape index (κ3) is 3.65. The second kappa shape index (κ2) is 7.85. The summed E-state index contributed by atoms with van der Waals surface area (Å²) >= 11 is 0. The first-order valence-electron chi connectivity index (χ1n) is 7.96. The van der Waals surface area contributed by atoms with Crippen LogP contribution in [0.1, 0.15) is 58.2 Å². The van der Waals surface area contributed by atoms with Crippen molar-refractivity contribution in [2.24, 2.45) is 0 Å². The molecule has 0 saturated carbocycles. The van der Waals surface area contributed by atoms with Gasteiger partial charge in [0.05, 0.1) is 11.7 Å². The fraction of sp³-hybridized carbons (Fsp3) is 0.500. The van der Waals surface area contributed by atoms with E-state index in [4.69, 9.17) is 4.74 Å². The van der Waals surface area contributed by atoms with Crippen LogP contribution in [0.4, 0.5) is 0 Å². The zero-order valence-electron chi connectivity index (χ0n) is 13.2. The molecule has 112 valence electrons. The van der Waals surface area contributed by atoms with Crippen LogP contribution in [-0.2, 0) is 4.74 Å². The Bertz CT molecular complexity index is 627. The molecule has 1 aliphatic rings. The second-order valence-electron chi connectivity index (χ2n) is 4.84. The monoisotopic (exact) mass is 284 g/mol. The van der Waals surface area contributed by atoms with Crippen LogP contribution in [0.2, 0.25) is 0 Å². The zero-order chi connectivity index (χ0) is 15.1. The lowest BCUT2D eigenvalue weighted by molar-refractivity contribution is -0.0366. The van der Waals surface area contributed by atoms with Gasteiger partial charge in [0.25, 0.3) is 0 Å². The summed E-state index contributed by atoms with van der Waals surface area (Å²) in [6, 6.07) is 6.26. The first-order chi connectivity index (χ1) is 10.4. The van der Waals surface area contributed by atoms with Gasteiger partial charge in [-0.15, -0.1) is 0 Å². The summed E-state index contributed by atoms with van der Waals surface area (Å²) < 4.78 is 7.80. The van der Waals surface area contributed by atoms with Crippen LogP contribution in [0.25, 0.3) is 10.9 Å². The van der Waals surface area contributed by atoms with E-state index >= 15 is 0 Å². The van der Waals surface area contributed by atoms with Gasteiger partial charge in [0.15, 0.2) is 6.23 Å². The van der Waals surface area contributed by atoms with Gasteiger partial charge in [-0.1, -0.05) is 32.6 Å². The van der Waals surface area contributed by atoms with Gasteiger partial charge in [-0.25, -0.2) is 4.68 Å². The Labute approximate surface area is 127 Å². The molecule has 0 spiro atoms. The van der Waals surface area contributed by atoms with Gasteiger partial charge >= 0.3 is 0 Å². The fourth-order valence-electron chi connectivity index (χ4n) is 2.47. The molecule has 1 aromatic carbocycles. The molecule has 0 aliphatic carbocycles. The van der Waals surface area contributed by atoms with E-state index in [9.17, 15) is 0 Å². The molecule has 1 aromatic heterocycles. The molecule has 2 aromatic rings. The van der Waals surface area contributed by atoms with E-state index in [1.165, 1.54) is 6.42 Å². The van der Waals surface area contributed by atoms with Crippen molar-refractivity contribution in [3.05, 3.63) is 30.0 Å². The summed E-state index contributed by atoms with van der Waals surface area (Å²) in [5.74, 6) is 6.25. The molecule has 3 heteroatoms. The van der Waals surface area contributed by atoms with Crippen molar-refractivity contribution in [1.82, 2.24) is 9.78 Å². The summed E-state index contributed by atoms with van der Waals surface area (Å²) in [6.45, 7) is 6.90. The Morgan fingerprint density at radius 2 is 2.19 bits per heavy atom. The first-order valence-corrected chi connectivity index (χ1v) is 7.96. The van der Waals surface area contributed by atoms with Crippen molar-refractivity contribution in [3.63, 3.8) is 0 Å². The standard InChI is InChI=1S/C16H18N2O.C2H6/c1-2-3-6-13-8-9-15-14(11-13)12-17-18(15)16-7-4-5-10-19-16;1-2/h8-9,11-12,16H,2,4-5,7,10H2,1H3;1-2H3. The van der Waals surface area contributed by atoms with E-state index in [0.717, 1.165) is 42.3 Å². The topological polar surface area (TPSA) is 27.1 Å². The van der Waals surface area contributed by atoms with Crippen LogP contribution in [-0.4, -0.2) is 16.4 Å². The number of benzene rings is 1. The molecule has 1 fully saturated rings. The average Bonchev–Trinajstić information content (AvgIpc) is 2.99. The maximum absolute atomic E-state index is 5.80. The van der Waals surface area contributed by atoms with E-state index in [0.29, 0.717) is 0 Å². The zero-order valence-corrected chi connectivity index (χ0v) is 13.2. The summed E-state index contributed by atoms with van der Waals surface area (Å²) in [7, 11) is 0. The van der Waals surface area contributed by atoms with Crippen LogP contribution in [0.15, 0.2) is 24.4 Å². The highest BCUT2D eigenvalue weighted by atomic mass is 16.5. The lowest BCUT2D eigenvalue weighted by Crippen LogP contribution is -2.18. The largest absolute Gasteiger partial charge is 0.356 e. The Hall–Kier alpha value is -1.79. The SMILES string of the molecule is CC.CCC#Cc1ccc2c(cnn2C2CCCCO2)c1. The molecule has 1 aliphatic heterocycles. The van der Waals surface area contributed by atoms with Gasteiger partial charge < -0.3 is 4.74 Å². The lowest BCUT2D eigenvalue weighted by atomic mass is 10.1. The van der Waals surface area contributed by atoms with Crippen LogP contribution in [0.3, 0.4) is 0 Å². The molecular weight excluding hydrogens is 260 g/mol. The molecule has 1 atom stereocenters. The number of ether oxygens (including phenoxy) is 1. The molecule has 2 heterocycles. The van der Waals surface area contributed by atoms with E-state index in [2.05, 4.69) is 42.1 Å². The Morgan fingerprint density at radius 3 is 2.90 bits per heavy atom. The smallest absolute Gasteiger partial charge is 0.150 e. The molecule has 0 bridgehead atoms. The molecule has 1 unspecified atom stereocenters. The summed E-state index contributed by atoms with van der Waals surface area (Å²) in [6.07, 6.45) is 6.31. The number of hydrogen-bond acceptors (Lipinski definition) is 2. The summed E-state index contributed by atoms with van der Waals surface area (Å²) in [5, 5.41) is 5.62. The molecule has 1 saturated heterocycles. The van der Waals surface area contributed by atoms with Gasteiger partial charge in [-0.3, -0.25) is 0 Å². The van der Waals surface area contributed by atoms with Gasteiger partial charge in [-0.2, -0.15) is 5.10 Å². The lowest BCUT2D eigenvalue weighted by Gasteiger charge is -2.23. The number of nitrogens with zero attached hydrogens (tertiary/aromatic N) is 2. The number of fused-ring (bicyclic) bond motifs is 1. The molecular formula is C18H24N2O. The van der Waals surface area contributed by atoms with Gasteiger partial charge in [-0.05, 0) is 37.5 Å². The average molecular weight is 284 g/mol. The minimum atomic E-state index is 0.0961. The Morgan fingerprint density at radius 1 is 1.33 bits per heavy atom. The normalized spacial score (nSPS) is 17.6. The van der Waals surface area contributed by atoms with Crippen LogP contribution < -0.4 is 0 Å². The minimum absolute atomic E-state index is 0.0961. The highest BCUT2D eigenvalue weighted by molar-refractivity contribution is 5.80. The van der Waals surface area contributed by atoms with Gasteiger partial charge in [0.1, 0.15) is 0 Å². The molecule has 0 N–H and O–H groups in total. The quantitative estimate of drug-likeness (QED) is 0.720. The van der Waals surface area contributed by atoms with E-state index < -0.39 is 0 Å². The number of rotatable bonds is 1. The van der Waals surface area contributed by atoms with E-state index in [1.807, 2.05) is 24.7 Å². The molecule has 3 rings (SSSR count). The molecule has 21 heavy (non-hydrogen) atoms. The third-order valence-corrected chi connectivity index (χ3v) is 3.43.